The van der Waals surface area contributed by atoms with Gasteiger partial charge in [-0.1, -0.05) is 23.2 Å². The van der Waals surface area contributed by atoms with Crippen molar-refractivity contribution in [3.05, 3.63) is 33.8 Å². The first-order chi connectivity index (χ1) is 9.90. The molecule has 114 valence electrons. The fraction of sp³-hybridized carbons (Fsp3) is 0.467. The van der Waals surface area contributed by atoms with Crippen molar-refractivity contribution in [2.24, 2.45) is 5.92 Å². The molecule has 1 fully saturated rings. The molecular formula is C15H17Cl2NO3. The van der Waals surface area contributed by atoms with E-state index in [4.69, 9.17) is 28.3 Å². The Hall–Kier alpha value is -1.10. The average Bonchev–Trinajstić information content (AvgIpc) is 2.48. The Bertz CT molecular complexity index is 562. The second-order valence-electron chi connectivity index (χ2n) is 5.34. The largest absolute Gasteiger partial charge is 0.481 e. The predicted octanol–water partition coefficient (Wildman–Crippen LogP) is 3.36. The van der Waals surface area contributed by atoms with E-state index in [2.05, 4.69) is 0 Å². The minimum Gasteiger partial charge on any atom is -0.481 e. The highest BCUT2D eigenvalue weighted by Crippen LogP contribution is 2.25. The number of benzene rings is 1. The number of halogens is 2. The molecule has 0 bridgehead atoms. The highest BCUT2D eigenvalue weighted by molar-refractivity contribution is 6.42. The molecule has 6 heteroatoms. The smallest absolute Gasteiger partial charge is 0.307 e. The number of carbonyl (C=O) groups is 2. The van der Waals surface area contributed by atoms with Crippen LogP contribution in [-0.2, 0) is 4.79 Å². The van der Waals surface area contributed by atoms with Crippen molar-refractivity contribution in [2.75, 3.05) is 13.1 Å². The van der Waals surface area contributed by atoms with Crippen molar-refractivity contribution in [3.8, 4) is 0 Å². The maximum absolute atomic E-state index is 12.5. The highest BCUT2D eigenvalue weighted by Gasteiger charge is 2.31. The predicted molar refractivity (Wildman–Crippen MR) is 82.2 cm³/mol. The van der Waals surface area contributed by atoms with E-state index in [-0.39, 0.29) is 11.8 Å². The minimum atomic E-state index is -0.797. The van der Waals surface area contributed by atoms with Crippen LogP contribution in [0.15, 0.2) is 18.2 Å². The van der Waals surface area contributed by atoms with Crippen molar-refractivity contribution in [3.63, 3.8) is 0 Å². The van der Waals surface area contributed by atoms with Crippen molar-refractivity contribution in [1.29, 1.82) is 0 Å². The highest BCUT2D eigenvalue weighted by atomic mass is 35.5. The minimum absolute atomic E-state index is 0.0698. The van der Waals surface area contributed by atoms with Gasteiger partial charge in [0.15, 0.2) is 5.78 Å². The lowest BCUT2D eigenvalue weighted by atomic mass is 9.95. The van der Waals surface area contributed by atoms with Gasteiger partial charge in [-0.15, -0.1) is 0 Å². The molecule has 1 saturated heterocycles. The van der Waals surface area contributed by atoms with Gasteiger partial charge in [0.05, 0.1) is 22.0 Å². The standard InChI is InChI=1S/C15H17Cl2NO3/c1-9(18-6-2-3-11(8-18)15(20)21)14(19)10-4-5-12(16)13(17)7-10/h4-5,7,9,11H,2-3,6,8H2,1H3,(H,20,21). The SMILES string of the molecule is CC(C(=O)c1ccc(Cl)c(Cl)c1)N1CCCC(C(=O)O)C1. The summed E-state index contributed by atoms with van der Waals surface area (Å²) in [5.74, 6) is -1.27. The molecule has 1 aliphatic heterocycles. The number of rotatable bonds is 4. The third-order valence-electron chi connectivity index (χ3n) is 3.93. The lowest BCUT2D eigenvalue weighted by molar-refractivity contribution is -0.143. The van der Waals surface area contributed by atoms with Crippen LogP contribution in [0.1, 0.15) is 30.1 Å². The van der Waals surface area contributed by atoms with Crippen LogP contribution >= 0.6 is 23.2 Å². The fourth-order valence-electron chi connectivity index (χ4n) is 2.62. The molecule has 1 heterocycles. The number of hydrogen-bond acceptors (Lipinski definition) is 3. The molecular weight excluding hydrogens is 313 g/mol. The first kappa shape index (κ1) is 16.3. The normalized spacial score (nSPS) is 21.0. The van der Waals surface area contributed by atoms with E-state index < -0.39 is 11.9 Å². The number of ketones is 1. The van der Waals surface area contributed by atoms with Crippen molar-refractivity contribution >= 4 is 35.0 Å². The number of Topliss-reactive ketones (excluding diaryl/α,β-unsaturated/α-hetero) is 1. The number of nitrogens with zero attached hydrogens (tertiary/aromatic N) is 1. The molecule has 0 radical (unpaired) electrons. The van der Waals surface area contributed by atoms with E-state index in [0.717, 1.165) is 13.0 Å². The maximum Gasteiger partial charge on any atom is 0.307 e. The van der Waals surface area contributed by atoms with Gasteiger partial charge in [-0.05, 0) is 44.5 Å². The maximum atomic E-state index is 12.5. The third-order valence-corrected chi connectivity index (χ3v) is 4.67. The Labute approximate surface area is 133 Å². The van der Waals surface area contributed by atoms with Crippen LogP contribution in [0.5, 0.6) is 0 Å². The molecule has 2 atom stereocenters. The van der Waals surface area contributed by atoms with E-state index >= 15 is 0 Å². The summed E-state index contributed by atoms with van der Waals surface area (Å²) in [4.78, 5) is 25.5. The number of likely N-dealkylation sites (tertiary alicyclic amines) is 1. The fourth-order valence-corrected chi connectivity index (χ4v) is 2.91. The molecule has 1 N–H and O–H groups in total. The van der Waals surface area contributed by atoms with E-state index in [0.29, 0.717) is 28.6 Å². The van der Waals surface area contributed by atoms with Crippen molar-refractivity contribution in [1.82, 2.24) is 4.90 Å². The van der Waals surface area contributed by atoms with Crippen LogP contribution in [-0.4, -0.2) is 40.9 Å². The van der Waals surface area contributed by atoms with Gasteiger partial charge in [-0.3, -0.25) is 14.5 Å². The molecule has 0 aliphatic carbocycles. The molecule has 0 amide bonds. The Morgan fingerprint density at radius 2 is 2.05 bits per heavy atom. The van der Waals surface area contributed by atoms with Gasteiger partial charge in [0.1, 0.15) is 0 Å². The van der Waals surface area contributed by atoms with E-state index in [9.17, 15) is 9.59 Å². The topological polar surface area (TPSA) is 57.6 Å². The molecule has 0 aromatic heterocycles. The number of carboxylic acid groups (broad SMARTS) is 1. The molecule has 0 spiro atoms. The van der Waals surface area contributed by atoms with Crippen LogP contribution in [0.4, 0.5) is 0 Å². The average molecular weight is 330 g/mol. The van der Waals surface area contributed by atoms with Crippen LogP contribution in [0.25, 0.3) is 0 Å². The van der Waals surface area contributed by atoms with Gasteiger partial charge >= 0.3 is 5.97 Å². The first-order valence-corrected chi connectivity index (χ1v) is 7.62. The molecule has 4 nitrogen and oxygen atoms in total. The number of aliphatic carboxylic acids is 1. The summed E-state index contributed by atoms with van der Waals surface area (Å²) in [5, 5.41) is 9.87. The van der Waals surface area contributed by atoms with Crippen LogP contribution in [0.2, 0.25) is 10.0 Å². The van der Waals surface area contributed by atoms with Gasteiger partial charge < -0.3 is 5.11 Å². The summed E-state index contributed by atoms with van der Waals surface area (Å²) < 4.78 is 0. The Morgan fingerprint density at radius 1 is 1.33 bits per heavy atom. The monoisotopic (exact) mass is 329 g/mol. The molecule has 21 heavy (non-hydrogen) atoms. The quantitative estimate of drug-likeness (QED) is 0.860. The van der Waals surface area contributed by atoms with Crippen LogP contribution in [0, 0.1) is 5.92 Å². The Balaban J connectivity index is 2.11. The van der Waals surface area contributed by atoms with Gasteiger partial charge in [-0.2, -0.15) is 0 Å². The molecule has 1 aliphatic rings. The summed E-state index contributed by atoms with van der Waals surface area (Å²) in [6.45, 7) is 2.94. The number of piperidine rings is 1. The van der Waals surface area contributed by atoms with E-state index in [1.165, 1.54) is 0 Å². The lowest BCUT2D eigenvalue weighted by Gasteiger charge is -2.34. The Kier molecular flexibility index (Phi) is 5.25. The number of carboxylic acids is 1. The van der Waals surface area contributed by atoms with Crippen molar-refractivity contribution in [2.45, 2.75) is 25.8 Å². The number of carbonyl (C=O) groups excluding carboxylic acids is 1. The summed E-state index contributed by atoms with van der Waals surface area (Å²) in [5.41, 5.74) is 0.495. The van der Waals surface area contributed by atoms with Crippen LogP contribution < -0.4 is 0 Å². The zero-order chi connectivity index (χ0) is 15.6. The zero-order valence-electron chi connectivity index (χ0n) is 11.7. The van der Waals surface area contributed by atoms with Gasteiger partial charge in [0, 0.05) is 12.1 Å². The second kappa shape index (κ2) is 6.77. The summed E-state index contributed by atoms with van der Waals surface area (Å²) >= 11 is 11.8. The van der Waals surface area contributed by atoms with Gasteiger partial charge in [0.25, 0.3) is 0 Å². The first-order valence-electron chi connectivity index (χ1n) is 6.86. The van der Waals surface area contributed by atoms with Gasteiger partial charge in [-0.25, -0.2) is 0 Å². The molecule has 1 aromatic rings. The molecule has 0 saturated carbocycles. The molecule has 2 unspecified atom stereocenters. The summed E-state index contributed by atoms with van der Waals surface area (Å²) in [6, 6.07) is 4.43. The lowest BCUT2D eigenvalue weighted by Crippen LogP contribution is -2.46. The van der Waals surface area contributed by atoms with Crippen molar-refractivity contribution < 1.29 is 14.7 Å². The van der Waals surface area contributed by atoms with E-state index in [1.54, 1.807) is 25.1 Å². The van der Waals surface area contributed by atoms with Crippen LogP contribution in [0.3, 0.4) is 0 Å². The zero-order valence-corrected chi connectivity index (χ0v) is 13.2. The summed E-state index contributed by atoms with van der Waals surface area (Å²) in [6.07, 6.45) is 1.45. The summed E-state index contributed by atoms with van der Waals surface area (Å²) in [7, 11) is 0. The molecule has 1 aromatic carbocycles. The second-order valence-corrected chi connectivity index (χ2v) is 6.16. The van der Waals surface area contributed by atoms with Gasteiger partial charge in [0.2, 0.25) is 0 Å². The Morgan fingerprint density at radius 3 is 2.67 bits per heavy atom. The number of hydrogen-bond donors (Lipinski definition) is 1. The molecule has 2 rings (SSSR count). The third kappa shape index (κ3) is 3.76. The van der Waals surface area contributed by atoms with E-state index in [1.807, 2.05) is 4.90 Å².